The van der Waals surface area contributed by atoms with E-state index >= 15 is 0 Å². The predicted molar refractivity (Wildman–Crippen MR) is 91.0 cm³/mol. The van der Waals surface area contributed by atoms with Crippen molar-refractivity contribution in [1.29, 1.82) is 0 Å². The molecule has 1 fully saturated rings. The van der Waals surface area contributed by atoms with Crippen LogP contribution in [0.4, 0.5) is 0 Å². The minimum Gasteiger partial charge on any atom is -0.449 e. The molecule has 1 aromatic rings. The molecule has 1 saturated heterocycles. The monoisotopic (exact) mass is 357 g/mol. The third kappa shape index (κ3) is 4.61. The lowest BCUT2D eigenvalue weighted by molar-refractivity contribution is -0.143. The van der Waals surface area contributed by atoms with Crippen molar-refractivity contribution in [2.75, 3.05) is 6.54 Å². The first-order chi connectivity index (χ1) is 10.9. The Kier molecular flexibility index (Phi) is 6.31. The van der Waals surface area contributed by atoms with E-state index in [4.69, 9.17) is 27.9 Å². The van der Waals surface area contributed by atoms with Crippen LogP contribution >= 0.6 is 23.2 Å². The molecule has 1 aliphatic rings. The molecule has 0 N–H and O–H groups in total. The molecule has 1 amide bonds. The van der Waals surface area contributed by atoms with E-state index in [2.05, 4.69) is 6.92 Å². The summed E-state index contributed by atoms with van der Waals surface area (Å²) in [5.74, 6) is -0.738. The molecule has 0 radical (unpaired) electrons. The number of rotatable bonds is 4. The van der Waals surface area contributed by atoms with Crippen molar-refractivity contribution >= 4 is 35.1 Å². The highest BCUT2D eigenvalue weighted by Crippen LogP contribution is 2.22. The topological polar surface area (TPSA) is 46.6 Å². The number of benzene rings is 1. The molecule has 2 atom stereocenters. The number of piperidine rings is 1. The van der Waals surface area contributed by atoms with Crippen LogP contribution < -0.4 is 0 Å². The Morgan fingerprint density at radius 3 is 2.52 bits per heavy atom. The molecule has 4 nitrogen and oxygen atoms in total. The second kappa shape index (κ2) is 8.02. The van der Waals surface area contributed by atoms with Gasteiger partial charge in [0.15, 0.2) is 6.10 Å². The van der Waals surface area contributed by atoms with Crippen LogP contribution in [0.25, 0.3) is 0 Å². The van der Waals surface area contributed by atoms with Gasteiger partial charge in [-0.1, -0.05) is 30.1 Å². The number of halogens is 2. The molecular formula is C17H21Cl2NO3. The average molecular weight is 358 g/mol. The van der Waals surface area contributed by atoms with Gasteiger partial charge in [0.1, 0.15) is 0 Å². The summed E-state index contributed by atoms with van der Waals surface area (Å²) < 4.78 is 5.31. The maximum atomic E-state index is 12.6. The molecule has 1 heterocycles. The van der Waals surface area contributed by atoms with Gasteiger partial charge in [-0.3, -0.25) is 4.79 Å². The summed E-state index contributed by atoms with van der Waals surface area (Å²) >= 11 is 11.8. The van der Waals surface area contributed by atoms with Crippen LogP contribution in [0, 0.1) is 0 Å². The molecule has 126 valence electrons. The summed E-state index contributed by atoms with van der Waals surface area (Å²) in [7, 11) is 0. The van der Waals surface area contributed by atoms with E-state index in [9.17, 15) is 9.59 Å². The molecule has 2 unspecified atom stereocenters. The maximum Gasteiger partial charge on any atom is 0.339 e. The normalized spacial score (nSPS) is 19.3. The first-order valence-electron chi connectivity index (χ1n) is 7.90. The number of likely N-dealkylation sites (tertiary alicyclic amines) is 1. The maximum absolute atomic E-state index is 12.6. The van der Waals surface area contributed by atoms with Crippen LogP contribution in [0.3, 0.4) is 0 Å². The number of carbonyl (C=O) groups is 2. The standard InChI is InChI=1S/C17H21Cl2NO3/c1-3-15-6-4-5-7-20(15)16(21)11(2)23-17(22)12-8-13(18)10-14(19)9-12/h8-11,15H,3-7H2,1-2H3. The highest BCUT2D eigenvalue weighted by Gasteiger charge is 2.30. The van der Waals surface area contributed by atoms with Gasteiger partial charge in [-0.05, 0) is 50.8 Å². The van der Waals surface area contributed by atoms with Crippen LogP contribution in [0.5, 0.6) is 0 Å². The van der Waals surface area contributed by atoms with Crippen LogP contribution in [-0.4, -0.2) is 35.5 Å². The number of carbonyl (C=O) groups excluding carboxylic acids is 2. The lowest BCUT2D eigenvalue weighted by atomic mass is 9.99. The minimum atomic E-state index is -0.826. The number of amides is 1. The Morgan fingerprint density at radius 1 is 1.26 bits per heavy atom. The van der Waals surface area contributed by atoms with Crippen molar-refractivity contribution in [3.05, 3.63) is 33.8 Å². The highest BCUT2D eigenvalue weighted by molar-refractivity contribution is 6.35. The van der Waals surface area contributed by atoms with Crippen molar-refractivity contribution in [3.63, 3.8) is 0 Å². The van der Waals surface area contributed by atoms with Gasteiger partial charge in [0.05, 0.1) is 5.56 Å². The van der Waals surface area contributed by atoms with Gasteiger partial charge in [-0.25, -0.2) is 4.79 Å². The Balaban J connectivity index is 2.03. The molecule has 6 heteroatoms. The fourth-order valence-electron chi connectivity index (χ4n) is 2.90. The fraction of sp³-hybridized carbons (Fsp3) is 0.529. The Labute approximate surface area is 146 Å². The summed E-state index contributed by atoms with van der Waals surface area (Å²) in [6, 6.07) is 4.72. The molecule has 23 heavy (non-hydrogen) atoms. The van der Waals surface area contributed by atoms with E-state index in [1.807, 2.05) is 4.90 Å². The van der Waals surface area contributed by atoms with Crippen LogP contribution in [0.1, 0.15) is 49.9 Å². The summed E-state index contributed by atoms with van der Waals surface area (Å²) in [6.45, 7) is 4.40. The molecule has 0 aliphatic carbocycles. The van der Waals surface area contributed by atoms with E-state index < -0.39 is 12.1 Å². The zero-order chi connectivity index (χ0) is 17.0. The summed E-state index contributed by atoms with van der Waals surface area (Å²) in [4.78, 5) is 26.6. The number of esters is 1. The number of hydrogen-bond donors (Lipinski definition) is 0. The molecule has 1 aliphatic heterocycles. The van der Waals surface area contributed by atoms with E-state index in [1.54, 1.807) is 6.92 Å². The molecule has 0 bridgehead atoms. The van der Waals surface area contributed by atoms with Crippen LogP contribution in [0.2, 0.25) is 10.0 Å². The molecule has 2 rings (SSSR count). The summed E-state index contributed by atoms with van der Waals surface area (Å²) in [5.41, 5.74) is 0.243. The van der Waals surface area contributed by atoms with Gasteiger partial charge < -0.3 is 9.64 Å². The Morgan fingerprint density at radius 2 is 1.91 bits per heavy atom. The van der Waals surface area contributed by atoms with E-state index in [-0.39, 0.29) is 17.5 Å². The first kappa shape index (κ1) is 18.1. The highest BCUT2D eigenvalue weighted by atomic mass is 35.5. The molecule has 0 spiro atoms. The summed E-state index contributed by atoms with van der Waals surface area (Å²) in [6.07, 6.45) is 3.22. The quantitative estimate of drug-likeness (QED) is 0.753. The van der Waals surface area contributed by atoms with Crippen molar-refractivity contribution in [2.45, 2.75) is 51.7 Å². The Hall–Kier alpha value is -1.26. The molecular weight excluding hydrogens is 337 g/mol. The van der Waals surface area contributed by atoms with Crippen molar-refractivity contribution < 1.29 is 14.3 Å². The SMILES string of the molecule is CCC1CCCCN1C(=O)C(C)OC(=O)c1cc(Cl)cc(Cl)c1. The smallest absolute Gasteiger partial charge is 0.339 e. The van der Waals surface area contributed by atoms with Gasteiger partial charge in [0, 0.05) is 22.6 Å². The van der Waals surface area contributed by atoms with E-state index in [0.717, 1.165) is 32.2 Å². The lowest BCUT2D eigenvalue weighted by Crippen LogP contribution is -2.48. The third-order valence-electron chi connectivity index (χ3n) is 4.11. The molecule has 1 aromatic carbocycles. The van der Waals surface area contributed by atoms with E-state index in [1.165, 1.54) is 18.2 Å². The van der Waals surface area contributed by atoms with Gasteiger partial charge in [0.25, 0.3) is 5.91 Å². The first-order valence-corrected chi connectivity index (χ1v) is 8.65. The third-order valence-corrected chi connectivity index (χ3v) is 4.55. The number of ether oxygens (including phenoxy) is 1. The second-order valence-electron chi connectivity index (χ2n) is 5.80. The second-order valence-corrected chi connectivity index (χ2v) is 6.67. The number of hydrogen-bond acceptors (Lipinski definition) is 3. The van der Waals surface area contributed by atoms with Gasteiger partial charge in [-0.2, -0.15) is 0 Å². The van der Waals surface area contributed by atoms with Gasteiger partial charge in [0.2, 0.25) is 0 Å². The minimum absolute atomic E-state index is 0.141. The van der Waals surface area contributed by atoms with Crippen LogP contribution in [0.15, 0.2) is 18.2 Å². The van der Waals surface area contributed by atoms with Gasteiger partial charge >= 0.3 is 5.97 Å². The zero-order valence-corrected chi connectivity index (χ0v) is 14.9. The largest absolute Gasteiger partial charge is 0.449 e. The fourth-order valence-corrected chi connectivity index (χ4v) is 3.43. The van der Waals surface area contributed by atoms with Crippen molar-refractivity contribution in [3.8, 4) is 0 Å². The van der Waals surface area contributed by atoms with E-state index in [0.29, 0.717) is 10.0 Å². The summed E-state index contributed by atoms with van der Waals surface area (Å²) in [5, 5.41) is 0.705. The zero-order valence-electron chi connectivity index (χ0n) is 13.4. The van der Waals surface area contributed by atoms with Crippen LogP contribution in [-0.2, 0) is 9.53 Å². The number of nitrogens with zero attached hydrogens (tertiary/aromatic N) is 1. The van der Waals surface area contributed by atoms with Gasteiger partial charge in [-0.15, -0.1) is 0 Å². The lowest BCUT2D eigenvalue weighted by Gasteiger charge is -2.36. The molecule has 0 saturated carbocycles. The van der Waals surface area contributed by atoms with Crippen molar-refractivity contribution in [2.24, 2.45) is 0 Å². The Bertz CT molecular complexity index is 571. The predicted octanol–water partition coefficient (Wildman–Crippen LogP) is 4.33. The van der Waals surface area contributed by atoms with Crippen molar-refractivity contribution in [1.82, 2.24) is 4.90 Å². The average Bonchev–Trinajstić information content (AvgIpc) is 2.53. The molecule has 0 aromatic heterocycles.